The van der Waals surface area contributed by atoms with Gasteiger partial charge in [0.05, 0.1) is 0 Å². The Balaban J connectivity index is 2.24. The van der Waals surface area contributed by atoms with Gasteiger partial charge in [0.1, 0.15) is 0 Å². The summed E-state index contributed by atoms with van der Waals surface area (Å²) in [7, 11) is 0. The van der Waals surface area contributed by atoms with Crippen LogP contribution >= 0.6 is 0 Å². The minimum Gasteiger partial charge on any atom is -0.396 e. The molecule has 1 unspecified atom stereocenters. The van der Waals surface area contributed by atoms with Gasteiger partial charge in [-0.25, -0.2) is 0 Å². The van der Waals surface area contributed by atoms with E-state index in [4.69, 9.17) is 5.11 Å². The van der Waals surface area contributed by atoms with Crippen LogP contribution in [-0.2, 0) is 0 Å². The van der Waals surface area contributed by atoms with Crippen LogP contribution in [0.1, 0.15) is 13.3 Å². The molecular weight excluding hydrogens is 114 g/mol. The summed E-state index contributed by atoms with van der Waals surface area (Å²) in [4.78, 5) is 0. The Morgan fingerprint density at radius 2 is 2.56 bits per heavy atom. The van der Waals surface area contributed by atoms with Crippen molar-refractivity contribution >= 4 is 0 Å². The molecule has 1 heterocycles. The van der Waals surface area contributed by atoms with E-state index in [9.17, 15) is 0 Å². The number of aliphatic hydroxyl groups excluding tert-OH is 1. The summed E-state index contributed by atoms with van der Waals surface area (Å²) in [6.45, 7) is 4.68. The van der Waals surface area contributed by atoms with Crippen LogP contribution in [0.5, 0.6) is 0 Å². The van der Waals surface area contributed by atoms with Crippen LogP contribution in [0.25, 0.3) is 0 Å². The van der Waals surface area contributed by atoms with Crippen molar-refractivity contribution in [2.75, 3.05) is 19.7 Å². The Morgan fingerprint density at radius 1 is 1.78 bits per heavy atom. The van der Waals surface area contributed by atoms with Crippen LogP contribution in [-0.4, -0.2) is 24.8 Å². The molecule has 0 saturated carbocycles. The highest BCUT2D eigenvalue weighted by Gasteiger charge is 2.19. The van der Waals surface area contributed by atoms with E-state index < -0.39 is 0 Å². The Kier molecular flexibility index (Phi) is 2.49. The van der Waals surface area contributed by atoms with Gasteiger partial charge in [-0.1, -0.05) is 6.92 Å². The molecule has 0 aromatic heterocycles. The molecular formula is C7H15NO. The van der Waals surface area contributed by atoms with Crippen molar-refractivity contribution < 1.29 is 5.11 Å². The Labute approximate surface area is 56.3 Å². The van der Waals surface area contributed by atoms with E-state index >= 15 is 0 Å². The molecule has 1 aliphatic rings. The van der Waals surface area contributed by atoms with Gasteiger partial charge in [0.15, 0.2) is 0 Å². The van der Waals surface area contributed by atoms with Crippen molar-refractivity contribution in [3.63, 3.8) is 0 Å². The van der Waals surface area contributed by atoms with Crippen LogP contribution in [0.3, 0.4) is 0 Å². The van der Waals surface area contributed by atoms with Gasteiger partial charge in [-0.2, -0.15) is 0 Å². The summed E-state index contributed by atoms with van der Waals surface area (Å²) >= 11 is 0. The van der Waals surface area contributed by atoms with Crippen LogP contribution in [0.2, 0.25) is 0 Å². The summed E-state index contributed by atoms with van der Waals surface area (Å²) < 4.78 is 0. The minimum atomic E-state index is 0.340. The summed E-state index contributed by atoms with van der Waals surface area (Å²) in [6.07, 6.45) is 1.24. The second-order valence-corrected chi connectivity index (χ2v) is 2.91. The number of rotatable bonds is 2. The lowest BCUT2D eigenvalue weighted by Gasteiger charge is -2.13. The maximum Gasteiger partial charge on any atom is 0.0459 e. The average molecular weight is 129 g/mol. The van der Waals surface area contributed by atoms with E-state index in [1.165, 1.54) is 6.42 Å². The predicted octanol–water partition coefficient (Wildman–Crippen LogP) is 0.224. The molecule has 54 valence electrons. The largest absolute Gasteiger partial charge is 0.396 e. The molecule has 2 nitrogen and oxygen atoms in total. The summed E-state index contributed by atoms with van der Waals surface area (Å²) in [5, 5.41) is 12.0. The molecule has 1 rings (SSSR count). The van der Waals surface area contributed by atoms with Crippen molar-refractivity contribution in [3.8, 4) is 0 Å². The molecule has 1 fully saturated rings. The quantitative estimate of drug-likeness (QED) is 0.559. The lowest BCUT2D eigenvalue weighted by Crippen LogP contribution is -2.17. The lowest BCUT2D eigenvalue weighted by atomic mass is 9.94. The lowest BCUT2D eigenvalue weighted by molar-refractivity contribution is 0.195. The Morgan fingerprint density at radius 3 is 3.00 bits per heavy atom. The highest BCUT2D eigenvalue weighted by molar-refractivity contribution is 4.74. The van der Waals surface area contributed by atoms with Crippen LogP contribution in [0, 0.1) is 11.8 Å². The van der Waals surface area contributed by atoms with Gasteiger partial charge in [0.2, 0.25) is 0 Å². The predicted molar refractivity (Wildman–Crippen MR) is 37.2 cm³/mol. The molecule has 2 heteroatoms. The zero-order chi connectivity index (χ0) is 6.69. The van der Waals surface area contributed by atoms with Gasteiger partial charge in [0.25, 0.3) is 0 Å². The van der Waals surface area contributed by atoms with Crippen molar-refractivity contribution in [3.05, 3.63) is 0 Å². The molecule has 0 aromatic carbocycles. The molecule has 0 amide bonds. The molecule has 2 atom stereocenters. The monoisotopic (exact) mass is 129 g/mol. The van der Waals surface area contributed by atoms with E-state index in [0.29, 0.717) is 12.5 Å². The fourth-order valence-corrected chi connectivity index (χ4v) is 1.31. The molecule has 9 heavy (non-hydrogen) atoms. The van der Waals surface area contributed by atoms with Crippen molar-refractivity contribution in [2.45, 2.75) is 13.3 Å². The molecule has 0 aliphatic carbocycles. The van der Waals surface area contributed by atoms with E-state index in [2.05, 4.69) is 12.2 Å². The van der Waals surface area contributed by atoms with Gasteiger partial charge in [0, 0.05) is 6.61 Å². The number of hydrogen-bond acceptors (Lipinski definition) is 2. The fourth-order valence-electron chi connectivity index (χ4n) is 1.31. The molecule has 0 spiro atoms. The third kappa shape index (κ3) is 1.66. The summed E-state index contributed by atoms with van der Waals surface area (Å²) in [5.41, 5.74) is 0. The molecule has 1 saturated heterocycles. The van der Waals surface area contributed by atoms with Crippen molar-refractivity contribution in [1.82, 2.24) is 5.32 Å². The Hall–Kier alpha value is -0.0800. The first-order valence-electron chi connectivity index (χ1n) is 3.66. The molecule has 2 N–H and O–H groups in total. The van der Waals surface area contributed by atoms with E-state index in [0.717, 1.165) is 19.0 Å². The minimum absolute atomic E-state index is 0.340. The fraction of sp³-hybridized carbons (Fsp3) is 1.00. The van der Waals surface area contributed by atoms with E-state index in [1.54, 1.807) is 0 Å². The summed E-state index contributed by atoms with van der Waals surface area (Å²) in [6, 6.07) is 0. The van der Waals surface area contributed by atoms with Crippen molar-refractivity contribution in [2.24, 2.45) is 11.8 Å². The molecule has 0 aromatic rings. The molecule has 0 radical (unpaired) electrons. The number of aliphatic hydroxyl groups is 1. The van der Waals surface area contributed by atoms with Crippen LogP contribution in [0.15, 0.2) is 0 Å². The summed E-state index contributed by atoms with van der Waals surface area (Å²) in [5.74, 6) is 1.20. The number of nitrogens with one attached hydrogen (secondary N) is 1. The third-order valence-electron chi connectivity index (χ3n) is 2.19. The SMILES string of the molecule is C[C@H](CO)C1CCNC1. The maximum absolute atomic E-state index is 8.77. The average Bonchev–Trinajstić information content (AvgIpc) is 2.37. The van der Waals surface area contributed by atoms with Gasteiger partial charge in [-0.15, -0.1) is 0 Å². The van der Waals surface area contributed by atoms with Gasteiger partial charge < -0.3 is 10.4 Å². The third-order valence-corrected chi connectivity index (χ3v) is 2.19. The molecule has 1 aliphatic heterocycles. The van der Waals surface area contributed by atoms with Gasteiger partial charge >= 0.3 is 0 Å². The first-order valence-corrected chi connectivity index (χ1v) is 3.66. The Bertz CT molecular complexity index is 79.0. The highest BCUT2D eigenvalue weighted by atomic mass is 16.3. The van der Waals surface area contributed by atoms with Crippen LogP contribution < -0.4 is 5.32 Å². The highest BCUT2D eigenvalue weighted by Crippen LogP contribution is 2.17. The maximum atomic E-state index is 8.77. The second-order valence-electron chi connectivity index (χ2n) is 2.91. The van der Waals surface area contributed by atoms with Crippen LogP contribution in [0.4, 0.5) is 0 Å². The van der Waals surface area contributed by atoms with E-state index in [1.807, 2.05) is 0 Å². The zero-order valence-corrected chi connectivity index (χ0v) is 5.93. The first kappa shape index (κ1) is 7.03. The normalized spacial score (nSPS) is 30.7. The topological polar surface area (TPSA) is 32.3 Å². The van der Waals surface area contributed by atoms with Gasteiger partial charge in [-0.3, -0.25) is 0 Å². The van der Waals surface area contributed by atoms with Crippen molar-refractivity contribution in [1.29, 1.82) is 0 Å². The first-order chi connectivity index (χ1) is 4.34. The number of hydrogen-bond donors (Lipinski definition) is 2. The van der Waals surface area contributed by atoms with E-state index in [-0.39, 0.29) is 0 Å². The standard InChI is InChI=1S/C7H15NO/c1-6(5-9)7-2-3-8-4-7/h6-9H,2-5H2,1H3/t6-,7?/m1/s1. The second kappa shape index (κ2) is 3.18. The van der Waals surface area contributed by atoms with Gasteiger partial charge in [-0.05, 0) is 31.3 Å². The molecule has 0 bridgehead atoms. The smallest absolute Gasteiger partial charge is 0.0459 e. The zero-order valence-electron chi connectivity index (χ0n) is 5.93.